The minimum atomic E-state index is 0.840. The fourth-order valence-electron chi connectivity index (χ4n) is 0.991. The minimum Gasteiger partial charge on any atom is -0.359 e. The Morgan fingerprint density at radius 3 is 3.00 bits per heavy atom. The molecule has 2 nitrogen and oxygen atoms in total. The predicted molar refractivity (Wildman–Crippen MR) is 51.5 cm³/mol. The van der Waals surface area contributed by atoms with Crippen LogP contribution >= 0.6 is 31.9 Å². The molecular formula is C7H4Br2N2. The van der Waals surface area contributed by atoms with Crippen molar-refractivity contribution in [3.63, 3.8) is 0 Å². The summed E-state index contributed by atoms with van der Waals surface area (Å²) in [5, 5.41) is 1.15. The Labute approximate surface area is 80.3 Å². The summed E-state index contributed by atoms with van der Waals surface area (Å²) in [6, 6.07) is 3.98. The van der Waals surface area contributed by atoms with Crippen LogP contribution in [0.4, 0.5) is 0 Å². The van der Waals surface area contributed by atoms with Crippen LogP contribution in [0, 0.1) is 0 Å². The minimum absolute atomic E-state index is 0.840. The van der Waals surface area contributed by atoms with Crippen LogP contribution in [0.3, 0.4) is 0 Å². The zero-order chi connectivity index (χ0) is 7.84. The Balaban J connectivity index is 2.91. The van der Waals surface area contributed by atoms with Crippen molar-refractivity contribution < 1.29 is 0 Å². The van der Waals surface area contributed by atoms with Crippen LogP contribution in [-0.4, -0.2) is 9.97 Å². The number of pyridine rings is 1. The molecule has 11 heavy (non-hydrogen) atoms. The molecule has 0 atom stereocenters. The first kappa shape index (κ1) is 7.31. The molecule has 56 valence electrons. The number of aromatic nitrogens is 2. The number of H-pyrrole nitrogens is 1. The molecule has 0 spiro atoms. The van der Waals surface area contributed by atoms with Gasteiger partial charge in [0.1, 0.15) is 9.21 Å². The molecule has 0 unspecified atom stereocenters. The maximum absolute atomic E-state index is 4.18. The van der Waals surface area contributed by atoms with Crippen molar-refractivity contribution in [1.29, 1.82) is 0 Å². The van der Waals surface area contributed by atoms with Crippen LogP contribution in [0.1, 0.15) is 0 Å². The fourth-order valence-corrected chi connectivity index (χ4v) is 2.19. The molecule has 0 aromatic carbocycles. The van der Waals surface area contributed by atoms with E-state index in [9.17, 15) is 0 Å². The van der Waals surface area contributed by atoms with Crippen LogP contribution < -0.4 is 0 Å². The molecule has 0 radical (unpaired) electrons. The van der Waals surface area contributed by atoms with Gasteiger partial charge in [0.05, 0.1) is 5.52 Å². The average molecular weight is 276 g/mol. The van der Waals surface area contributed by atoms with E-state index in [1.165, 1.54) is 0 Å². The Morgan fingerprint density at radius 2 is 2.18 bits per heavy atom. The van der Waals surface area contributed by atoms with E-state index in [0.717, 1.165) is 20.1 Å². The van der Waals surface area contributed by atoms with Crippen molar-refractivity contribution in [2.24, 2.45) is 0 Å². The van der Waals surface area contributed by atoms with Crippen LogP contribution in [0.25, 0.3) is 10.9 Å². The van der Waals surface area contributed by atoms with E-state index in [1.54, 1.807) is 0 Å². The lowest BCUT2D eigenvalue weighted by Crippen LogP contribution is -1.78. The number of fused-ring (bicyclic) bond motifs is 1. The standard InChI is InChI=1S/C7H4Br2N2/c8-5-3-4-1-2-10-6(4)7(9)11-5/h1-3,10H. The normalized spacial score (nSPS) is 10.7. The van der Waals surface area contributed by atoms with Gasteiger partial charge < -0.3 is 4.98 Å². The van der Waals surface area contributed by atoms with Crippen molar-refractivity contribution in [3.05, 3.63) is 27.5 Å². The van der Waals surface area contributed by atoms with Gasteiger partial charge in [0, 0.05) is 11.6 Å². The Bertz CT molecular complexity index is 394. The summed E-state index contributed by atoms with van der Waals surface area (Å²) in [5.41, 5.74) is 1.04. The maximum Gasteiger partial charge on any atom is 0.131 e. The quantitative estimate of drug-likeness (QED) is 0.736. The first-order chi connectivity index (χ1) is 5.27. The van der Waals surface area contributed by atoms with Gasteiger partial charge in [-0.05, 0) is 44.0 Å². The molecule has 1 N–H and O–H groups in total. The largest absolute Gasteiger partial charge is 0.359 e. The van der Waals surface area contributed by atoms with Crippen molar-refractivity contribution in [3.8, 4) is 0 Å². The highest BCUT2D eigenvalue weighted by atomic mass is 79.9. The van der Waals surface area contributed by atoms with Gasteiger partial charge in [0.25, 0.3) is 0 Å². The maximum atomic E-state index is 4.18. The molecule has 0 aliphatic carbocycles. The lowest BCUT2D eigenvalue weighted by Gasteiger charge is -1.93. The van der Waals surface area contributed by atoms with Crippen LogP contribution in [-0.2, 0) is 0 Å². The molecule has 2 aromatic rings. The number of halogens is 2. The summed E-state index contributed by atoms with van der Waals surface area (Å²) < 4.78 is 1.68. The smallest absolute Gasteiger partial charge is 0.131 e. The fraction of sp³-hybridized carbons (Fsp3) is 0. The highest BCUT2D eigenvalue weighted by Gasteiger charge is 2.01. The van der Waals surface area contributed by atoms with Crippen molar-refractivity contribution in [1.82, 2.24) is 9.97 Å². The van der Waals surface area contributed by atoms with Gasteiger partial charge in [0.15, 0.2) is 0 Å². The summed E-state index contributed by atoms with van der Waals surface area (Å²) in [6.07, 6.45) is 1.89. The molecule has 0 amide bonds. The molecule has 0 bridgehead atoms. The Hall–Kier alpha value is -0.350. The van der Waals surface area contributed by atoms with Gasteiger partial charge in [-0.1, -0.05) is 0 Å². The molecule has 2 rings (SSSR count). The molecule has 2 aromatic heterocycles. The van der Waals surface area contributed by atoms with E-state index >= 15 is 0 Å². The Kier molecular flexibility index (Phi) is 1.73. The molecule has 4 heteroatoms. The molecule has 0 saturated heterocycles. The molecule has 0 saturated carbocycles. The second-order valence-corrected chi connectivity index (χ2v) is 3.74. The third-order valence-corrected chi connectivity index (χ3v) is 2.45. The van der Waals surface area contributed by atoms with Gasteiger partial charge in [-0.2, -0.15) is 0 Å². The van der Waals surface area contributed by atoms with Crippen LogP contribution in [0.5, 0.6) is 0 Å². The summed E-state index contributed by atoms with van der Waals surface area (Å²) >= 11 is 6.67. The second-order valence-electron chi connectivity index (χ2n) is 2.18. The van der Waals surface area contributed by atoms with Gasteiger partial charge in [-0.25, -0.2) is 4.98 Å². The molecule has 0 fully saturated rings. The number of rotatable bonds is 0. The Morgan fingerprint density at radius 1 is 1.36 bits per heavy atom. The van der Waals surface area contributed by atoms with E-state index in [-0.39, 0.29) is 0 Å². The van der Waals surface area contributed by atoms with Gasteiger partial charge in [0.2, 0.25) is 0 Å². The van der Waals surface area contributed by atoms with Gasteiger partial charge in [-0.3, -0.25) is 0 Å². The van der Waals surface area contributed by atoms with Crippen molar-refractivity contribution in [2.45, 2.75) is 0 Å². The molecule has 0 aliphatic rings. The van der Waals surface area contributed by atoms with Crippen molar-refractivity contribution in [2.75, 3.05) is 0 Å². The summed E-state index contributed by atoms with van der Waals surface area (Å²) in [7, 11) is 0. The lowest BCUT2D eigenvalue weighted by molar-refractivity contribution is 1.25. The predicted octanol–water partition coefficient (Wildman–Crippen LogP) is 3.09. The van der Waals surface area contributed by atoms with E-state index in [0.29, 0.717) is 0 Å². The highest BCUT2D eigenvalue weighted by molar-refractivity contribution is 9.11. The third-order valence-electron chi connectivity index (χ3n) is 1.47. The highest BCUT2D eigenvalue weighted by Crippen LogP contribution is 2.23. The van der Waals surface area contributed by atoms with Crippen molar-refractivity contribution >= 4 is 42.8 Å². The number of nitrogens with one attached hydrogen (secondary N) is 1. The van der Waals surface area contributed by atoms with Crippen LogP contribution in [0.15, 0.2) is 27.5 Å². The van der Waals surface area contributed by atoms with Gasteiger partial charge in [-0.15, -0.1) is 0 Å². The first-order valence-electron chi connectivity index (χ1n) is 3.06. The third kappa shape index (κ3) is 1.20. The monoisotopic (exact) mass is 274 g/mol. The second kappa shape index (κ2) is 2.60. The van der Waals surface area contributed by atoms with Crippen LogP contribution in [0.2, 0.25) is 0 Å². The van der Waals surface area contributed by atoms with E-state index < -0.39 is 0 Å². The zero-order valence-electron chi connectivity index (χ0n) is 5.44. The number of aromatic amines is 1. The summed E-state index contributed by atoms with van der Waals surface area (Å²) in [4.78, 5) is 7.26. The topological polar surface area (TPSA) is 28.7 Å². The number of hydrogen-bond donors (Lipinski definition) is 1. The SMILES string of the molecule is Brc1cc2cc[nH]c2c(Br)n1. The molecule has 2 heterocycles. The lowest BCUT2D eigenvalue weighted by atomic mass is 10.3. The number of hydrogen-bond acceptors (Lipinski definition) is 1. The average Bonchev–Trinajstić information content (AvgIpc) is 2.34. The van der Waals surface area contributed by atoms with E-state index in [1.807, 2.05) is 18.3 Å². The first-order valence-corrected chi connectivity index (χ1v) is 4.65. The molecular weight excluding hydrogens is 272 g/mol. The number of nitrogens with zero attached hydrogens (tertiary/aromatic N) is 1. The van der Waals surface area contributed by atoms with E-state index in [4.69, 9.17) is 0 Å². The van der Waals surface area contributed by atoms with Gasteiger partial charge >= 0.3 is 0 Å². The molecule has 0 aliphatic heterocycles. The summed E-state index contributed by atoms with van der Waals surface area (Å²) in [6.45, 7) is 0. The summed E-state index contributed by atoms with van der Waals surface area (Å²) in [5.74, 6) is 0. The zero-order valence-corrected chi connectivity index (χ0v) is 8.61. The van der Waals surface area contributed by atoms with E-state index in [2.05, 4.69) is 41.8 Å².